The lowest BCUT2D eigenvalue weighted by Gasteiger charge is -2.35. The maximum Gasteiger partial charge on any atom is 0.0710 e. The number of nitrogen functional groups attached to an aromatic ring is 1. The molecule has 154 valence electrons. The van der Waals surface area contributed by atoms with Crippen molar-refractivity contribution in [3.8, 4) is 22.3 Å². The molecule has 1 nitrogen and oxygen atoms in total. The van der Waals surface area contributed by atoms with Gasteiger partial charge in [0.1, 0.15) is 0 Å². The Morgan fingerprint density at radius 2 is 1.34 bits per heavy atom. The molecule has 0 fully saturated rings. The predicted molar refractivity (Wildman–Crippen MR) is 135 cm³/mol. The van der Waals surface area contributed by atoms with Crippen LogP contribution in [0, 0.1) is 0 Å². The molecule has 0 aliphatic heterocycles. The van der Waals surface area contributed by atoms with Crippen LogP contribution in [0.5, 0.6) is 0 Å². The summed E-state index contributed by atoms with van der Waals surface area (Å²) in [7, 11) is 0. The van der Waals surface area contributed by atoms with Gasteiger partial charge in [-0.2, -0.15) is 0 Å². The molecule has 2 aliphatic rings. The standard InChI is InChI=1S/C31H25N/c32-26-18-15-22(16-19-26)23-17-20-28-27-13-7-8-14-29(27)31(30(28)21-23,24-9-3-1-4-10-24)25-11-5-2-6-12-25/h1,3-5,7-21H,2,6,32H2. The zero-order valence-electron chi connectivity index (χ0n) is 18.0. The van der Waals surface area contributed by atoms with E-state index in [2.05, 4.69) is 103 Å². The minimum Gasteiger partial charge on any atom is -0.399 e. The second-order valence-electron chi connectivity index (χ2n) is 8.68. The molecule has 0 saturated carbocycles. The topological polar surface area (TPSA) is 26.0 Å². The van der Waals surface area contributed by atoms with Crippen LogP contribution in [0.25, 0.3) is 22.3 Å². The summed E-state index contributed by atoms with van der Waals surface area (Å²) in [5.74, 6) is 0. The third-order valence-corrected chi connectivity index (χ3v) is 6.92. The first kappa shape index (κ1) is 18.9. The van der Waals surface area contributed by atoms with Crippen LogP contribution in [0.4, 0.5) is 5.69 Å². The Morgan fingerprint density at radius 1 is 0.625 bits per heavy atom. The van der Waals surface area contributed by atoms with Crippen molar-refractivity contribution >= 4 is 5.69 Å². The van der Waals surface area contributed by atoms with Crippen LogP contribution in [0.1, 0.15) is 29.5 Å². The van der Waals surface area contributed by atoms with Crippen molar-refractivity contribution in [1.82, 2.24) is 0 Å². The number of fused-ring (bicyclic) bond motifs is 3. The monoisotopic (exact) mass is 411 g/mol. The van der Waals surface area contributed by atoms with Gasteiger partial charge >= 0.3 is 0 Å². The first-order valence-corrected chi connectivity index (χ1v) is 11.3. The molecule has 0 amide bonds. The summed E-state index contributed by atoms with van der Waals surface area (Å²) in [4.78, 5) is 0. The number of hydrogen-bond donors (Lipinski definition) is 1. The first-order chi connectivity index (χ1) is 15.8. The molecule has 6 rings (SSSR count). The summed E-state index contributed by atoms with van der Waals surface area (Å²) in [6.07, 6.45) is 9.29. The van der Waals surface area contributed by atoms with E-state index < -0.39 is 0 Å². The van der Waals surface area contributed by atoms with E-state index in [9.17, 15) is 0 Å². The van der Waals surface area contributed by atoms with Crippen molar-refractivity contribution in [3.63, 3.8) is 0 Å². The predicted octanol–water partition coefficient (Wildman–Crippen LogP) is 7.53. The fourth-order valence-electron chi connectivity index (χ4n) is 5.50. The van der Waals surface area contributed by atoms with Crippen LogP contribution in [0.2, 0.25) is 0 Å². The van der Waals surface area contributed by atoms with Gasteiger partial charge in [0.05, 0.1) is 5.41 Å². The zero-order valence-corrected chi connectivity index (χ0v) is 18.0. The summed E-state index contributed by atoms with van der Waals surface area (Å²) in [5.41, 5.74) is 16.9. The molecule has 1 heteroatoms. The van der Waals surface area contributed by atoms with Crippen molar-refractivity contribution in [2.75, 3.05) is 5.73 Å². The molecule has 4 aromatic carbocycles. The molecule has 0 saturated heterocycles. The molecular weight excluding hydrogens is 386 g/mol. The van der Waals surface area contributed by atoms with E-state index in [1.807, 2.05) is 12.1 Å². The van der Waals surface area contributed by atoms with Crippen LogP contribution in [-0.2, 0) is 5.41 Å². The Kier molecular flexibility index (Phi) is 4.36. The summed E-state index contributed by atoms with van der Waals surface area (Å²) >= 11 is 0. The van der Waals surface area contributed by atoms with Crippen LogP contribution in [0.15, 0.2) is 121 Å². The number of anilines is 1. The molecule has 0 bridgehead atoms. The van der Waals surface area contributed by atoms with Gasteiger partial charge in [-0.15, -0.1) is 0 Å². The lowest BCUT2D eigenvalue weighted by molar-refractivity contribution is 0.752. The number of rotatable bonds is 3. The van der Waals surface area contributed by atoms with Gasteiger partial charge < -0.3 is 5.73 Å². The third kappa shape index (κ3) is 2.71. The Bertz CT molecular complexity index is 1360. The van der Waals surface area contributed by atoms with Crippen molar-refractivity contribution in [2.45, 2.75) is 18.3 Å². The molecule has 2 N–H and O–H groups in total. The minimum absolute atomic E-state index is 0.312. The van der Waals surface area contributed by atoms with E-state index in [1.165, 1.54) is 44.5 Å². The summed E-state index contributed by atoms with van der Waals surface area (Å²) in [6.45, 7) is 0. The van der Waals surface area contributed by atoms with Gasteiger partial charge in [-0.25, -0.2) is 0 Å². The van der Waals surface area contributed by atoms with Crippen molar-refractivity contribution in [2.24, 2.45) is 0 Å². The zero-order chi connectivity index (χ0) is 21.5. The quantitative estimate of drug-likeness (QED) is 0.347. The van der Waals surface area contributed by atoms with Crippen LogP contribution < -0.4 is 5.73 Å². The maximum atomic E-state index is 5.95. The van der Waals surface area contributed by atoms with Gasteiger partial charge in [0.15, 0.2) is 0 Å². The van der Waals surface area contributed by atoms with Crippen molar-refractivity contribution in [1.29, 1.82) is 0 Å². The highest BCUT2D eigenvalue weighted by molar-refractivity contribution is 5.88. The third-order valence-electron chi connectivity index (χ3n) is 6.92. The minimum atomic E-state index is -0.312. The normalized spacial score (nSPS) is 18.7. The molecule has 0 heterocycles. The van der Waals surface area contributed by atoms with Gasteiger partial charge in [-0.1, -0.05) is 97.1 Å². The van der Waals surface area contributed by atoms with Gasteiger partial charge in [0.2, 0.25) is 0 Å². The molecular formula is C31H25N. The second kappa shape index (κ2) is 7.39. The number of allylic oxidation sites excluding steroid dienone is 4. The summed E-state index contributed by atoms with van der Waals surface area (Å²) in [6, 6.07) is 35.0. The average Bonchev–Trinajstić information content (AvgIpc) is 3.16. The number of hydrogen-bond acceptors (Lipinski definition) is 1. The first-order valence-electron chi connectivity index (χ1n) is 11.3. The molecule has 0 radical (unpaired) electrons. The van der Waals surface area contributed by atoms with Crippen LogP contribution >= 0.6 is 0 Å². The van der Waals surface area contributed by atoms with Crippen LogP contribution in [0.3, 0.4) is 0 Å². The van der Waals surface area contributed by atoms with Gasteiger partial charge in [0, 0.05) is 5.69 Å². The largest absolute Gasteiger partial charge is 0.399 e. The summed E-state index contributed by atoms with van der Waals surface area (Å²) < 4.78 is 0. The second-order valence-corrected chi connectivity index (χ2v) is 8.68. The number of benzene rings is 4. The Labute approximate surface area is 189 Å². The van der Waals surface area contributed by atoms with Crippen molar-refractivity contribution in [3.05, 3.63) is 138 Å². The highest BCUT2D eigenvalue weighted by Gasteiger charge is 2.46. The fraction of sp³-hybridized carbons (Fsp3) is 0.0968. The fourth-order valence-corrected chi connectivity index (χ4v) is 5.50. The average molecular weight is 412 g/mol. The Hall–Kier alpha value is -3.84. The Balaban J connectivity index is 1.70. The lowest BCUT2D eigenvalue weighted by Crippen LogP contribution is -2.29. The van der Waals surface area contributed by atoms with E-state index in [1.54, 1.807) is 0 Å². The van der Waals surface area contributed by atoms with Gasteiger partial charge in [0.25, 0.3) is 0 Å². The lowest BCUT2D eigenvalue weighted by atomic mass is 9.66. The Morgan fingerprint density at radius 3 is 2.12 bits per heavy atom. The number of nitrogens with two attached hydrogens (primary N) is 1. The molecule has 2 aliphatic carbocycles. The highest BCUT2D eigenvalue weighted by Crippen LogP contribution is 2.57. The maximum absolute atomic E-state index is 5.95. The van der Waals surface area contributed by atoms with E-state index in [4.69, 9.17) is 5.73 Å². The van der Waals surface area contributed by atoms with Gasteiger partial charge in [-0.3, -0.25) is 0 Å². The van der Waals surface area contributed by atoms with Crippen LogP contribution in [-0.4, -0.2) is 0 Å². The molecule has 1 atom stereocenters. The highest BCUT2D eigenvalue weighted by atomic mass is 14.5. The van der Waals surface area contributed by atoms with Gasteiger partial charge in [-0.05, 0) is 75.6 Å². The van der Waals surface area contributed by atoms with E-state index >= 15 is 0 Å². The molecule has 4 aromatic rings. The molecule has 0 spiro atoms. The van der Waals surface area contributed by atoms with Crippen molar-refractivity contribution < 1.29 is 0 Å². The molecule has 0 aromatic heterocycles. The van der Waals surface area contributed by atoms with E-state index in [0.29, 0.717) is 0 Å². The molecule has 1 unspecified atom stereocenters. The SMILES string of the molecule is Nc1ccc(-c2ccc3c(c2)C(C2=CCCC=C2)(c2ccccc2)c2ccccc2-3)cc1. The smallest absolute Gasteiger partial charge is 0.0710 e. The van der Waals surface area contributed by atoms with E-state index in [0.717, 1.165) is 18.5 Å². The summed E-state index contributed by atoms with van der Waals surface area (Å²) in [5, 5.41) is 0. The molecule has 32 heavy (non-hydrogen) atoms. The van der Waals surface area contributed by atoms with E-state index in [-0.39, 0.29) is 5.41 Å².